The molecule has 5 heteroatoms. The summed E-state index contributed by atoms with van der Waals surface area (Å²) in [5.41, 5.74) is 0.648. The van der Waals surface area contributed by atoms with Gasteiger partial charge in [-0.15, -0.1) is 0 Å². The number of carbonyl (C=O) groups is 2. The molecule has 1 aromatic rings. The smallest absolute Gasteiger partial charge is 0.254 e. The molecule has 0 aliphatic carbocycles. The average Bonchev–Trinajstić information content (AvgIpc) is 2.68. The Morgan fingerprint density at radius 2 is 2.05 bits per heavy atom. The molecule has 5 nitrogen and oxygen atoms in total. The number of benzene rings is 1. The minimum absolute atomic E-state index is 0.168. The summed E-state index contributed by atoms with van der Waals surface area (Å²) in [6, 6.07) is 6.40. The lowest BCUT2D eigenvalue weighted by Gasteiger charge is -2.14. The lowest BCUT2D eigenvalue weighted by molar-refractivity contribution is 0.0868. The number of allylic oxidation sites excluding steroid dienone is 2. The highest BCUT2D eigenvalue weighted by Crippen LogP contribution is 2.21. The summed E-state index contributed by atoms with van der Waals surface area (Å²) in [4.78, 5) is 27.2. The number of aliphatic imine (C=N–C) groups is 1. The molecule has 22 heavy (non-hydrogen) atoms. The topological polar surface area (TPSA) is 78.8 Å². The minimum Gasteiger partial charge on any atom is -0.368 e. The van der Waals surface area contributed by atoms with Crippen molar-refractivity contribution in [2.45, 2.75) is 20.1 Å². The van der Waals surface area contributed by atoms with Crippen LogP contribution in [0.25, 0.3) is 0 Å². The number of aliphatic hydroxyl groups excluding tert-OH is 1. The lowest BCUT2D eigenvalue weighted by Crippen LogP contribution is -2.40. The van der Waals surface area contributed by atoms with Crippen molar-refractivity contribution >= 4 is 17.9 Å². The SMILES string of the molecule is CC1(C)C=CN=C(C(O)NC(=O)c2ccccc2C=O)C=C1. The van der Waals surface area contributed by atoms with E-state index in [0.29, 0.717) is 12.0 Å². The van der Waals surface area contributed by atoms with Crippen molar-refractivity contribution < 1.29 is 14.7 Å². The van der Waals surface area contributed by atoms with Crippen LogP contribution in [0, 0.1) is 5.41 Å². The van der Waals surface area contributed by atoms with Crippen LogP contribution in [-0.4, -0.2) is 29.2 Å². The van der Waals surface area contributed by atoms with E-state index in [0.717, 1.165) is 0 Å². The Bertz CT molecular complexity index is 672. The zero-order valence-corrected chi connectivity index (χ0v) is 12.5. The third kappa shape index (κ3) is 3.77. The minimum atomic E-state index is -1.25. The molecule has 1 unspecified atom stereocenters. The predicted molar refractivity (Wildman–Crippen MR) is 84.8 cm³/mol. The highest BCUT2D eigenvalue weighted by atomic mass is 16.3. The molecule has 2 rings (SSSR count). The summed E-state index contributed by atoms with van der Waals surface area (Å²) in [6.07, 6.45) is 6.43. The van der Waals surface area contributed by atoms with Gasteiger partial charge in [0.15, 0.2) is 12.5 Å². The molecule has 114 valence electrons. The first-order valence-electron chi connectivity index (χ1n) is 6.91. The summed E-state index contributed by atoms with van der Waals surface area (Å²) in [5.74, 6) is -0.529. The van der Waals surface area contributed by atoms with Crippen LogP contribution in [0.2, 0.25) is 0 Å². The lowest BCUT2D eigenvalue weighted by atomic mass is 9.93. The maximum atomic E-state index is 12.2. The van der Waals surface area contributed by atoms with Crippen molar-refractivity contribution in [1.29, 1.82) is 0 Å². The van der Waals surface area contributed by atoms with Gasteiger partial charge in [0.1, 0.15) is 0 Å². The van der Waals surface area contributed by atoms with Gasteiger partial charge in [0.05, 0.1) is 5.71 Å². The second-order valence-corrected chi connectivity index (χ2v) is 5.61. The Kier molecular flexibility index (Phi) is 4.68. The molecule has 1 amide bonds. The largest absolute Gasteiger partial charge is 0.368 e. The van der Waals surface area contributed by atoms with Crippen molar-refractivity contribution in [3.8, 4) is 0 Å². The highest BCUT2D eigenvalue weighted by molar-refractivity contribution is 6.05. The number of rotatable bonds is 4. The van der Waals surface area contributed by atoms with Crippen LogP contribution in [0.3, 0.4) is 0 Å². The van der Waals surface area contributed by atoms with E-state index in [-0.39, 0.29) is 16.5 Å². The number of nitrogens with one attached hydrogen (secondary N) is 1. The van der Waals surface area contributed by atoms with Gasteiger partial charge < -0.3 is 10.4 Å². The van der Waals surface area contributed by atoms with E-state index in [1.54, 1.807) is 30.5 Å². The van der Waals surface area contributed by atoms with E-state index in [9.17, 15) is 14.7 Å². The summed E-state index contributed by atoms with van der Waals surface area (Å²) < 4.78 is 0. The molecule has 0 radical (unpaired) electrons. The summed E-state index contributed by atoms with van der Waals surface area (Å²) in [5, 5.41) is 12.6. The van der Waals surface area contributed by atoms with Crippen LogP contribution in [0.5, 0.6) is 0 Å². The summed E-state index contributed by atoms with van der Waals surface area (Å²) in [7, 11) is 0. The highest BCUT2D eigenvalue weighted by Gasteiger charge is 2.19. The van der Waals surface area contributed by atoms with Gasteiger partial charge in [0, 0.05) is 22.7 Å². The second-order valence-electron chi connectivity index (χ2n) is 5.61. The maximum absolute atomic E-state index is 12.2. The molecule has 0 saturated carbocycles. The molecule has 2 N–H and O–H groups in total. The molecule has 0 aromatic heterocycles. The molecular formula is C17H18N2O3. The van der Waals surface area contributed by atoms with Crippen LogP contribution < -0.4 is 5.32 Å². The Labute approximate surface area is 129 Å². The van der Waals surface area contributed by atoms with Gasteiger partial charge in [-0.1, -0.05) is 44.2 Å². The van der Waals surface area contributed by atoms with Crippen molar-refractivity contribution in [2.24, 2.45) is 10.4 Å². The fourth-order valence-corrected chi connectivity index (χ4v) is 1.96. The van der Waals surface area contributed by atoms with Gasteiger partial charge in [0.25, 0.3) is 5.91 Å². The normalized spacial score (nSPS) is 17.3. The van der Waals surface area contributed by atoms with Gasteiger partial charge in [0.2, 0.25) is 0 Å². The zero-order chi connectivity index (χ0) is 16.2. The molecule has 0 bridgehead atoms. The molecular weight excluding hydrogens is 280 g/mol. The van der Waals surface area contributed by atoms with Crippen molar-refractivity contribution in [1.82, 2.24) is 5.32 Å². The number of hydrogen-bond donors (Lipinski definition) is 2. The summed E-state index contributed by atoms with van der Waals surface area (Å²) >= 11 is 0. The van der Waals surface area contributed by atoms with Crippen molar-refractivity contribution in [2.75, 3.05) is 0 Å². The first-order valence-corrected chi connectivity index (χ1v) is 6.91. The first kappa shape index (κ1) is 15.9. The third-order valence-electron chi connectivity index (χ3n) is 3.29. The zero-order valence-electron chi connectivity index (χ0n) is 12.5. The van der Waals surface area contributed by atoms with Crippen LogP contribution in [0.1, 0.15) is 34.6 Å². The molecule has 0 spiro atoms. The Morgan fingerprint density at radius 3 is 2.77 bits per heavy atom. The van der Waals surface area contributed by atoms with Crippen molar-refractivity contribution in [3.05, 3.63) is 59.8 Å². The fraction of sp³-hybridized carbons (Fsp3) is 0.235. The van der Waals surface area contributed by atoms with Gasteiger partial charge in [-0.05, 0) is 12.1 Å². The van der Waals surface area contributed by atoms with E-state index >= 15 is 0 Å². The molecule has 0 saturated heterocycles. The third-order valence-corrected chi connectivity index (χ3v) is 3.29. The number of aliphatic hydroxyl groups is 1. The number of carbonyl (C=O) groups excluding carboxylic acids is 2. The van der Waals surface area contributed by atoms with Crippen LogP contribution in [0.15, 0.2) is 53.7 Å². The second kappa shape index (κ2) is 6.49. The fourth-order valence-electron chi connectivity index (χ4n) is 1.96. The van der Waals surface area contributed by atoms with Gasteiger partial charge in [-0.25, -0.2) is 0 Å². The van der Waals surface area contributed by atoms with E-state index in [2.05, 4.69) is 10.3 Å². The average molecular weight is 298 g/mol. The molecule has 1 aromatic carbocycles. The van der Waals surface area contributed by atoms with E-state index in [4.69, 9.17) is 0 Å². The van der Waals surface area contributed by atoms with Crippen LogP contribution in [0.4, 0.5) is 0 Å². The van der Waals surface area contributed by atoms with Crippen molar-refractivity contribution in [3.63, 3.8) is 0 Å². The predicted octanol–water partition coefficient (Wildman–Crippen LogP) is 2.10. The molecule has 1 atom stereocenters. The molecule has 0 fully saturated rings. The molecule has 1 aliphatic heterocycles. The first-order chi connectivity index (χ1) is 10.4. The Balaban J connectivity index is 2.14. The van der Waals surface area contributed by atoms with Gasteiger partial charge in [-0.2, -0.15) is 0 Å². The Morgan fingerprint density at radius 1 is 1.32 bits per heavy atom. The van der Waals surface area contributed by atoms with E-state index in [1.807, 2.05) is 26.0 Å². The quantitative estimate of drug-likeness (QED) is 0.660. The van der Waals surface area contributed by atoms with Gasteiger partial charge >= 0.3 is 0 Å². The number of aldehydes is 1. The monoisotopic (exact) mass is 298 g/mol. The maximum Gasteiger partial charge on any atom is 0.254 e. The van der Waals surface area contributed by atoms with Gasteiger partial charge in [-0.3, -0.25) is 14.6 Å². The van der Waals surface area contributed by atoms with E-state index < -0.39 is 12.1 Å². The Hall–Kier alpha value is -2.53. The number of hydrogen-bond acceptors (Lipinski definition) is 4. The van der Waals surface area contributed by atoms with Crippen LogP contribution in [-0.2, 0) is 0 Å². The standard InChI is InChI=1S/C17H18N2O3/c1-17(2)8-7-14(18-10-9-17)16(22)19-15(21)13-6-4-3-5-12(13)11-20/h3-11,16,22H,1-2H3,(H,19,21). The number of nitrogens with zero attached hydrogens (tertiary/aromatic N) is 1. The molecule has 1 heterocycles. The molecule has 1 aliphatic rings. The number of amides is 1. The van der Waals surface area contributed by atoms with E-state index in [1.165, 1.54) is 6.07 Å². The summed E-state index contributed by atoms with van der Waals surface area (Å²) in [6.45, 7) is 4.01. The van der Waals surface area contributed by atoms with Crippen LogP contribution >= 0.6 is 0 Å².